The molecule has 0 fully saturated rings. The molecule has 21 heavy (non-hydrogen) atoms. The summed E-state index contributed by atoms with van der Waals surface area (Å²) < 4.78 is 29.3. The van der Waals surface area contributed by atoms with Crippen LogP contribution in [0.4, 0.5) is 0 Å². The van der Waals surface area contributed by atoms with Crippen molar-refractivity contribution in [1.29, 1.82) is 0 Å². The summed E-state index contributed by atoms with van der Waals surface area (Å²) >= 11 is 0. The van der Waals surface area contributed by atoms with Crippen LogP contribution in [0.25, 0.3) is 21.9 Å². The van der Waals surface area contributed by atoms with E-state index >= 15 is 0 Å². The van der Waals surface area contributed by atoms with Crippen molar-refractivity contribution in [3.8, 4) is 0 Å². The monoisotopic (exact) mass is 304 g/mol. The van der Waals surface area contributed by atoms with E-state index < -0.39 is 7.60 Å². The molecule has 0 saturated heterocycles. The van der Waals surface area contributed by atoms with Crippen molar-refractivity contribution >= 4 is 34.8 Å². The van der Waals surface area contributed by atoms with Crippen LogP contribution in [0, 0.1) is 0 Å². The first kappa shape index (κ1) is 14.3. The van der Waals surface area contributed by atoms with Gasteiger partial charge in [-0.2, -0.15) is 0 Å². The van der Waals surface area contributed by atoms with Gasteiger partial charge in [0, 0.05) is 10.8 Å². The molecule has 0 amide bonds. The summed E-state index contributed by atoms with van der Waals surface area (Å²) in [6.07, 6.45) is 0. The van der Waals surface area contributed by atoms with Crippen molar-refractivity contribution in [2.75, 3.05) is 13.2 Å². The van der Waals surface area contributed by atoms with E-state index in [4.69, 9.17) is 13.5 Å². The molecule has 0 N–H and O–H groups in total. The highest BCUT2D eigenvalue weighted by atomic mass is 31.2. The van der Waals surface area contributed by atoms with Gasteiger partial charge in [0.2, 0.25) is 0 Å². The van der Waals surface area contributed by atoms with Crippen molar-refractivity contribution in [2.45, 2.75) is 13.8 Å². The minimum Gasteiger partial charge on any atom is -0.456 e. The Morgan fingerprint density at radius 2 is 1.62 bits per heavy atom. The van der Waals surface area contributed by atoms with E-state index in [9.17, 15) is 4.57 Å². The Balaban J connectivity index is 2.16. The molecule has 3 rings (SSSR count). The molecule has 2 aromatic carbocycles. The van der Waals surface area contributed by atoms with Crippen molar-refractivity contribution in [3.05, 3.63) is 42.5 Å². The SMILES string of the molecule is CCOP(=O)(OCC)c1ccc2c(c1)oc1ccccc12. The Labute approximate surface area is 123 Å². The first-order valence-electron chi connectivity index (χ1n) is 6.99. The number of para-hydroxylation sites is 1. The summed E-state index contributed by atoms with van der Waals surface area (Å²) in [6.45, 7) is 4.25. The fourth-order valence-corrected chi connectivity index (χ4v) is 4.00. The van der Waals surface area contributed by atoms with E-state index in [-0.39, 0.29) is 0 Å². The average molecular weight is 304 g/mol. The second-order valence-electron chi connectivity index (χ2n) is 4.61. The first-order valence-corrected chi connectivity index (χ1v) is 8.53. The lowest BCUT2D eigenvalue weighted by molar-refractivity contribution is 0.230. The molecule has 110 valence electrons. The van der Waals surface area contributed by atoms with E-state index in [2.05, 4.69) is 0 Å². The predicted molar refractivity (Wildman–Crippen MR) is 84.2 cm³/mol. The Kier molecular flexibility index (Phi) is 3.85. The topological polar surface area (TPSA) is 48.7 Å². The zero-order chi connectivity index (χ0) is 14.9. The molecule has 0 radical (unpaired) electrons. The third kappa shape index (κ3) is 2.51. The zero-order valence-corrected chi connectivity index (χ0v) is 12.9. The first-order chi connectivity index (χ1) is 10.2. The lowest BCUT2D eigenvalue weighted by Gasteiger charge is -2.16. The van der Waals surface area contributed by atoms with Crippen molar-refractivity contribution in [1.82, 2.24) is 0 Å². The molecule has 0 aliphatic heterocycles. The van der Waals surface area contributed by atoms with Crippen molar-refractivity contribution in [3.63, 3.8) is 0 Å². The Morgan fingerprint density at radius 3 is 2.33 bits per heavy atom. The summed E-state index contributed by atoms with van der Waals surface area (Å²) in [5, 5.41) is 2.56. The number of furan rings is 1. The third-order valence-electron chi connectivity index (χ3n) is 3.28. The van der Waals surface area contributed by atoms with Gasteiger partial charge in [-0.25, -0.2) is 0 Å². The molecule has 0 saturated carbocycles. The number of hydrogen-bond acceptors (Lipinski definition) is 4. The lowest BCUT2D eigenvalue weighted by atomic mass is 10.2. The average Bonchev–Trinajstić information content (AvgIpc) is 2.85. The summed E-state index contributed by atoms with van der Waals surface area (Å²) in [6, 6.07) is 13.3. The summed E-state index contributed by atoms with van der Waals surface area (Å²) in [5.41, 5.74) is 1.50. The highest BCUT2D eigenvalue weighted by molar-refractivity contribution is 7.62. The summed E-state index contributed by atoms with van der Waals surface area (Å²) in [7, 11) is -3.28. The van der Waals surface area contributed by atoms with Crippen LogP contribution in [0.3, 0.4) is 0 Å². The predicted octanol–water partition coefficient (Wildman–Crippen LogP) is 4.48. The van der Waals surface area contributed by atoms with E-state index in [1.54, 1.807) is 26.0 Å². The molecule has 4 nitrogen and oxygen atoms in total. The zero-order valence-electron chi connectivity index (χ0n) is 12.0. The fraction of sp³-hybridized carbons (Fsp3) is 0.250. The molecule has 1 aromatic heterocycles. The molecule has 3 aromatic rings. The lowest BCUT2D eigenvalue weighted by Crippen LogP contribution is -2.10. The quantitative estimate of drug-likeness (QED) is 0.652. The van der Waals surface area contributed by atoms with Gasteiger partial charge in [0.15, 0.2) is 0 Å². The molecule has 0 unspecified atom stereocenters. The van der Waals surface area contributed by atoms with E-state index in [1.165, 1.54) is 0 Å². The third-order valence-corrected chi connectivity index (χ3v) is 5.38. The standard InChI is InChI=1S/C16H17O4P/c1-3-18-21(17,19-4-2)12-9-10-14-13-7-5-6-8-15(13)20-16(14)11-12/h5-11H,3-4H2,1-2H3. The van der Waals surface area contributed by atoms with Gasteiger partial charge in [-0.05, 0) is 38.1 Å². The van der Waals surface area contributed by atoms with Gasteiger partial charge >= 0.3 is 7.60 Å². The molecule has 0 aliphatic carbocycles. The highest BCUT2D eigenvalue weighted by Gasteiger charge is 2.27. The smallest absolute Gasteiger partial charge is 0.361 e. The molecular formula is C16H17O4P. The van der Waals surface area contributed by atoms with Crippen LogP contribution >= 0.6 is 7.60 Å². The van der Waals surface area contributed by atoms with Crippen molar-refractivity contribution < 1.29 is 18.0 Å². The maximum atomic E-state index is 12.8. The highest BCUT2D eigenvalue weighted by Crippen LogP contribution is 2.47. The van der Waals surface area contributed by atoms with Gasteiger partial charge in [-0.3, -0.25) is 4.57 Å². The molecule has 0 bridgehead atoms. The Morgan fingerprint density at radius 1 is 0.952 bits per heavy atom. The number of rotatable bonds is 5. The minimum absolute atomic E-state index is 0.329. The van der Waals surface area contributed by atoms with Gasteiger partial charge in [-0.1, -0.05) is 18.2 Å². The summed E-state index contributed by atoms with van der Waals surface area (Å²) in [4.78, 5) is 0. The fourth-order valence-electron chi connectivity index (χ4n) is 2.41. The van der Waals surface area contributed by atoms with Gasteiger partial charge in [0.05, 0.1) is 18.5 Å². The normalized spacial score (nSPS) is 12.3. The van der Waals surface area contributed by atoms with Crippen LogP contribution in [-0.2, 0) is 13.6 Å². The number of hydrogen-bond donors (Lipinski definition) is 0. The summed E-state index contributed by atoms with van der Waals surface area (Å²) in [5.74, 6) is 0. The number of fused-ring (bicyclic) bond motifs is 3. The van der Waals surface area contributed by atoms with Gasteiger partial charge < -0.3 is 13.5 Å². The van der Waals surface area contributed by atoms with Crippen LogP contribution in [0.5, 0.6) is 0 Å². The van der Waals surface area contributed by atoms with Crippen LogP contribution in [0.1, 0.15) is 13.8 Å². The minimum atomic E-state index is -3.28. The van der Waals surface area contributed by atoms with E-state index in [0.717, 1.165) is 16.4 Å². The van der Waals surface area contributed by atoms with Gasteiger partial charge in [0.25, 0.3) is 0 Å². The molecule has 1 heterocycles. The Bertz CT molecular complexity index is 811. The van der Waals surface area contributed by atoms with Crippen molar-refractivity contribution in [2.24, 2.45) is 0 Å². The van der Waals surface area contributed by atoms with E-state index in [0.29, 0.717) is 24.1 Å². The van der Waals surface area contributed by atoms with Gasteiger partial charge in [-0.15, -0.1) is 0 Å². The van der Waals surface area contributed by atoms with Crippen LogP contribution < -0.4 is 5.30 Å². The van der Waals surface area contributed by atoms with Gasteiger partial charge in [0.1, 0.15) is 11.2 Å². The second-order valence-corrected chi connectivity index (χ2v) is 6.64. The molecule has 0 aliphatic rings. The van der Waals surface area contributed by atoms with Crippen LogP contribution in [-0.4, -0.2) is 13.2 Å². The molecule has 5 heteroatoms. The second kappa shape index (κ2) is 5.64. The maximum absolute atomic E-state index is 12.8. The molecule has 0 atom stereocenters. The Hall–Kier alpha value is -1.61. The maximum Gasteiger partial charge on any atom is 0.361 e. The molecular weight excluding hydrogens is 287 g/mol. The largest absolute Gasteiger partial charge is 0.456 e. The van der Waals surface area contributed by atoms with E-state index in [1.807, 2.05) is 30.3 Å². The molecule has 0 spiro atoms. The number of benzene rings is 2. The van der Waals surface area contributed by atoms with Crippen LogP contribution in [0.2, 0.25) is 0 Å². The van der Waals surface area contributed by atoms with Crippen LogP contribution in [0.15, 0.2) is 46.9 Å².